The number of aromatic nitrogens is 1. The third kappa shape index (κ3) is 3.92. The molecule has 0 spiro atoms. The average molecular weight is 495 g/mol. The Morgan fingerprint density at radius 2 is 1.68 bits per heavy atom. The topological polar surface area (TPSA) is 75.1 Å². The number of furan rings is 1. The Balaban J connectivity index is 1.46. The highest BCUT2D eigenvalue weighted by molar-refractivity contribution is 9.10. The highest BCUT2D eigenvalue weighted by Gasteiger charge is 2.18. The standard InChI is InChI=1S/C24H19BrN2O3S/c25-17-9-11-18(12-10-17)31(28,29)26-14-13-20-19-6-2-3-7-21(19)27-24(20)23-15-16-5-1-4-8-22(16)30-23/h1-12,15,26-27H,13-14H2. The molecule has 31 heavy (non-hydrogen) atoms. The van der Waals surface area contributed by atoms with Crippen LogP contribution in [0.15, 0.2) is 92.6 Å². The summed E-state index contributed by atoms with van der Waals surface area (Å²) < 4.78 is 34.9. The first-order valence-corrected chi connectivity index (χ1v) is 12.1. The number of sulfonamides is 1. The van der Waals surface area contributed by atoms with Crippen molar-refractivity contribution < 1.29 is 12.8 Å². The lowest BCUT2D eigenvalue weighted by molar-refractivity contribution is 0.581. The van der Waals surface area contributed by atoms with E-state index in [4.69, 9.17) is 4.42 Å². The summed E-state index contributed by atoms with van der Waals surface area (Å²) in [6.07, 6.45) is 0.520. The number of aromatic amines is 1. The zero-order chi connectivity index (χ0) is 21.4. The number of hydrogen-bond acceptors (Lipinski definition) is 3. The van der Waals surface area contributed by atoms with E-state index in [0.29, 0.717) is 6.42 Å². The second-order valence-corrected chi connectivity index (χ2v) is 9.96. The Morgan fingerprint density at radius 1 is 0.935 bits per heavy atom. The molecule has 5 nitrogen and oxygen atoms in total. The van der Waals surface area contributed by atoms with E-state index < -0.39 is 10.0 Å². The van der Waals surface area contributed by atoms with Crippen molar-refractivity contribution in [1.29, 1.82) is 0 Å². The van der Waals surface area contributed by atoms with Crippen molar-refractivity contribution in [2.75, 3.05) is 6.54 Å². The van der Waals surface area contributed by atoms with Gasteiger partial charge in [0.15, 0.2) is 5.76 Å². The molecule has 0 fully saturated rings. The molecule has 7 heteroatoms. The van der Waals surface area contributed by atoms with Gasteiger partial charge < -0.3 is 9.40 Å². The molecule has 2 N–H and O–H groups in total. The van der Waals surface area contributed by atoms with Gasteiger partial charge in [0, 0.05) is 27.3 Å². The smallest absolute Gasteiger partial charge is 0.240 e. The first kappa shape index (κ1) is 20.1. The van der Waals surface area contributed by atoms with Crippen LogP contribution in [0, 0.1) is 0 Å². The van der Waals surface area contributed by atoms with Crippen LogP contribution in [-0.2, 0) is 16.4 Å². The van der Waals surface area contributed by atoms with Gasteiger partial charge in [-0.15, -0.1) is 0 Å². The molecule has 5 aromatic rings. The summed E-state index contributed by atoms with van der Waals surface area (Å²) in [5.74, 6) is 0.739. The van der Waals surface area contributed by atoms with Gasteiger partial charge in [-0.2, -0.15) is 0 Å². The summed E-state index contributed by atoms with van der Waals surface area (Å²) in [4.78, 5) is 3.69. The first-order chi connectivity index (χ1) is 15.0. The summed E-state index contributed by atoms with van der Waals surface area (Å²) >= 11 is 3.33. The summed E-state index contributed by atoms with van der Waals surface area (Å²) in [6, 6.07) is 24.5. The Kier molecular flexibility index (Phi) is 5.17. The monoisotopic (exact) mass is 494 g/mol. The molecular formula is C24H19BrN2O3S. The molecule has 156 valence electrons. The number of hydrogen-bond donors (Lipinski definition) is 2. The van der Waals surface area contributed by atoms with E-state index in [1.807, 2.05) is 54.6 Å². The van der Waals surface area contributed by atoms with Gasteiger partial charge in [0.25, 0.3) is 0 Å². The number of nitrogens with one attached hydrogen (secondary N) is 2. The van der Waals surface area contributed by atoms with Crippen molar-refractivity contribution in [3.8, 4) is 11.5 Å². The van der Waals surface area contributed by atoms with Gasteiger partial charge in [-0.1, -0.05) is 52.3 Å². The van der Waals surface area contributed by atoms with E-state index >= 15 is 0 Å². The van der Waals surface area contributed by atoms with Gasteiger partial charge in [0.1, 0.15) is 5.58 Å². The van der Waals surface area contributed by atoms with Crippen molar-refractivity contribution in [1.82, 2.24) is 9.71 Å². The molecule has 0 aliphatic rings. The van der Waals surface area contributed by atoms with Gasteiger partial charge in [-0.3, -0.25) is 0 Å². The zero-order valence-electron chi connectivity index (χ0n) is 16.4. The maximum Gasteiger partial charge on any atom is 0.240 e. The molecule has 0 bridgehead atoms. The van der Waals surface area contributed by atoms with E-state index in [1.54, 1.807) is 24.3 Å². The average Bonchev–Trinajstić information content (AvgIpc) is 3.35. The lowest BCUT2D eigenvalue weighted by atomic mass is 10.1. The van der Waals surface area contributed by atoms with E-state index in [1.165, 1.54) is 0 Å². The summed E-state index contributed by atoms with van der Waals surface area (Å²) in [7, 11) is -3.59. The molecule has 2 heterocycles. The minimum Gasteiger partial charge on any atom is -0.455 e. The lowest BCUT2D eigenvalue weighted by Gasteiger charge is -2.08. The van der Waals surface area contributed by atoms with Crippen molar-refractivity contribution in [3.63, 3.8) is 0 Å². The summed E-state index contributed by atoms with van der Waals surface area (Å²) in [6.45, 7) is 0.271. The number of H-pyrrole nitrogens is 1. The van der Waals surface area contributed by atoms with E-state index in [-0.39, 0.29) is 11.4 Å². The van der Waals surface area contributed by atoms with Gasteiger partial charge in [-0.25, -0.2) is 13.1 Å². The third-order valence-corrected chi connectivity index (χ3v) is 7.28. The minimum absolute atomic E-state index is 0.243. The number of benzene rings is 3. The maximum atomic E-state index is 12.7. The van der Waals surface area contributed by atoms with E-state index in [2.05, 4.69) is 25.6 Å². The molecular weight excluding hydrogens is 476 g/mol. The summed E-state index contributed by atoms with van der Waals surface area (Å²) in [5.41, 5.74) is 3.70. The Bertz CT molecular complexity index is 1450. The second kappa shape index (κ2) is 8.00. The van der Waals surface area contributed by atoms with E-state index in [9.17, 15) is 8.42 Å². The van der Waals surface area contributed by atoms with Crippen LogP contribution >= 0.6 is 15.9 Å². The molecule has 3 aromatic carbocycles. The van der Waals surface area contributed by atoms with E-state index in [0.717, 1.165) is 43.4 Å². The Labute approximate surface area is 188 Å². The molecule has 0 aliphatic heterocycles. The third-order valence-electron chi connectivity index (χ3n) is 5.28. The van der Waals surface area contributed by atoms with Crippen LogP contribution in [0.25, 0.3) is 33.3 Å². The quantitative estimate of drug-likeness (QED) is 0.310. The fourth-order valence-corrected chi connectivity index (χ4v) is 5.08. The van der Waals surface area contributed by atoms with Gasteiger partial charge in [-0.05, 0) is 54.4 Å². The predicted octanol–water partition coefficient (Wildman–Crippen LogP) is 5.86. The molecule has 0 aliphatic carbocycles. The minimum atomic E-state index is -3.59. The molecule has 0 saturated heterocycles. The first-order valence-electron chi connectivity index (χ1n) is 9.85. The number of fused-ring (bicyclic) bond motifs is 2. The predicted molar refractivity (Wildman–Crippen MR) is 127 cm³/mol. The van der Waals surface area contributed by atoms with Crippen LogP contribution in [0.2, 0.25) is 0 Å². The number of para-hydroxylation sites is 2. The van der Waals surface area contributed by atoms with Crippen LogP contribution in [-0.4, -0.2) is 19.9 Å². The molecule has 0 unspecified atom stereocenters. The van der Waals surface area contributed by atoms with Gasteiger partial charge in [0.2, 0.25) is 10.0 Å². The molecule has 0 radical (unpaired) electrons. The largest absolute Gasteiger partial charge is 0.455 e. The Morgan fingerprint density at radius 3 is 2.48 bits per heavy atom. The molecule has 0 saturated carbocycles. The fraction of sp³-hybridized carbons (Fsp3) is 0.0833. The number of halogens is 1. The van der Waals surface area contributed by atoms with Crippen molar-refractivity contribution >= 4 is 47.8 Å². The molecule has 0 amide bonds. The molecule has 2 aromatic heterocycles. The Hall–Kier alpha value is -2.87. The highest BCUT2D eigenvalue weighted by atomic mass is 79.9. The van der Waals surface area contributed by atoms with Crippen LogP contribution in [0.5, 0.6) is 0 Å². The van der Waals surface area contributed by atoms with Crippen LogP contribution < -0.4 is 4.72 Å². The molecule has 5 rings (SSSR count). The van der Waals surface area contributed by atoms with Gasteiger partial charge in [0.05, 0.1) is 10.6 Å². The van der Waals surface area contributed by atoms with Crippen molar-refractivity contribution in [2.24, 2.45) is 0 Å². The fourth-order valence-electron chi connectivity index (χ4n) is 3.78. The van der Waals surface area contributed by atoms with Crippen LogP contribution in [0.3, 0.4) is 0 Å². The summed E-state index contributed by atoms with van der Waals surface area (Å²) in [5, 5.41) is 2.08. The van der Waals surface area contributed by atoms with Gasteiger partial charge >= 0.3 is 0 Å². The molecule has 0 atom stereocenters. The number of rotatable bonds is 6. The lowest BCUT2D eigenvalue weighted by Crippen LogP contribution is -2.26. The zero-order valence-corrected chi connectivity index (χ0v) is 18.8. The maximum absolute atomic E-state index is 12.7. The normalized spacial score (nSPS) is 12.0. The SMILES string of the molecule is O=S(=O)(NCCc1c(-c2cc3ccccc3o2)[nH]c2ccccc12)c1ccc(Br)cc1. The van der Waals surface area contributed by atoms with Crippen LogP contribution in [0.1, 0.15) is 5.56 Å². The highest BCUT2D eigenvalue weighted by Crippen LogP contribution is 2.34. The van der Waals surface area contributed by atoms with Crippen LogP contribution in [0.4, 0.5) is 0 Å². The second-order valence-electron chi connectivity index (χ2n) is 7.27. The van der Waals surface area contributed by atoms with Crippen molar-refractivity contribution in [3.05, 3.63) is 88.9 Å². The van der Waals surface area contributed by atoms with Crippen molar-refractivity contribution in [2.45, 2.75) is 11.3 Å².